The first kappa shape index (κ1) is 21.6. The summed E-state index contributed by atoms with van der Waals surface area (Å²) in [5, 5.41) is 0. The molecule has 0 N–H and O–H groups in total. The third-order valence-electron chi connectivity index (χ3n) is 6.38. The summed E-state index contributed by atoms with van der Waals surface area (Å²) < 4.78 is 10.8. The van der Waals surface area contributed by atoms with Gasteiger partial charge in [0.2, 0.25) is 12.7 Å². The molecule has 1 saturated carbocycles. The Kier molecular flexibility index (Phi) is 6.13. The van der Waals surface area contributed by atoms with E-state index in [4.69, 9.17) is 9.47 Å². The molecule has 0 unspecified atom stereocenters. The number of carbonyl (C=O) groups is 2. The van der Waals surface area contributed by atoms with E-state index in [0.29, 0.717) is 31.7 Å². The Morgan fingerprint density at radius 2 is 1.85 bits per heavy atom. The lowest BCUT2D eigenvalue weighted by Gasteiger charge is -2.35. The number of ether oxygens (including phenoxy) is 2. The Balaban J connectivity index is 1.10. The van der Waals surface area contributed by atoms with Crippen LogP contribution < -0.4 is 9.47 Å². The highest BCUT2D eigenvalue weighted by Crippen LogP contribution is 2.33. The normalized spacial score (nSPS) is 17.8. The van der Waals surface area contributed by atoms with Crippen molar-refractivity contribution >= 4 is 11.8 Å². The molecule has 0 atom stereocenters. The van der Waals surface area contributed by atoms with Crippen LogP contribution in [-0.4, -0.2) is 82.0 Å². The smallest absolute Gasteiger partial charge is 0.274 e. The molecule has 33 heavy (non-hydrogen) atoms. The Morgan fingerprint density at radius 1 is 1.06 bits per heavy atom. The summed E-state index contributed by atoms with van der Waals surface area (Å²) in [6, 6.07) is 6.26. The highest BCUT2D eigenvalue weighted by Gasteiger charge is 2.34. The topological polar surface area (TPSA) is 88.1 Å². The number of carbonyl (C=O) groups excluding carboxylic acids is 2. The molecular weight excluding hydrogens is 422 g/mol. The predicted octanol–water partition coefficient (Wildman–Crippen LogP) is 1.85. The van der Waals surface area contributed by atoms with Crippen molar-refractivity contribution in [3.05, 3.63) is 47.5 Å². The number of rotatable bonds is 7. The van der Waals surface area contributed by atoms with E-state index >= 15 is 0 Å². The molecule has 0 bridgehead atoms. The molecular formula is C24H29N5O4. The number of fused-ring (bicyclic) bond motifs is 1. The average molecular weight is 452 g/mol. The molecule has 0 spiro atoms. The zero-order valence-electron chi connectivity index (χ0n) is 18.9. The third-order valence-corrected chi connectivity index (χ3v) is 6.38. The number of aryl methyl sites for hydroxylation is 1. The number of amides is 2. The predicted molar refractivity (Wildman–Crippen MR) is 120 cm³/mol. The highest BCUT2D eigenvalue weighted by molar-refractivity contribution is 5.92. The number of piperazine rings is 1. The second kappa shape index (κ2) is 9.35. The first-order valence-corrected chi connectivity index (χ1v) is 11.5. The second-order valence-corrected chi connectivity index (χ2v) is 8.87. The average Bonchev–Trinajstić information content (AvgIpc) is 3.56. The number of hydrogen-bond acceptors (Lipinski definition) is 7. The first-order chi connectivity index (χ1) is 16.1. The summed E-state index contributed by atoms with van der Waals surface area (Å²) in [7, 11) is 0. The molecule has 9 nitrogen and oxygen atoms in total. The summed E-state index contributed by atoms with van der Waals surface area (Å²) in [6.07, 6.45) is 5.43. The van der Waals surface area contributed by atoms with Crippen LogP contribution in [0.1, 0.15) is 41.0 Å². The minimum absolute atomic E-state index is 0.103. The van der Waals surface area contributed by atoms with Crippen molar-refractivity contribution in [3.63, 3.8) is 0 Å². The van der Waals surface area contributed by atoms with Crippen LogP contribution in [0.15, 0.2) is 30.6 Å². The van der Waals surface area contributed by atoms with Gasteiger partial charge in [-0.3, -0.25) is 19.5 Å². The van der Waals surface area contributed by atoms with Gasteiger partial charge in [0.15, 0.2) is 11.5 Å². The van der Waals surface area contributed by atoms with E-state index in [0.717, 1.165) is 49.7 Å². The van der Waals surface area contributed by atoms with Crippen LogP contribution in [0, 0.1) is 6.92 Å². The van der Waals surface area contributed by atoms with Gasteiger partial charge in [0.25, 0.3) is 5.91 Å². The molecule has 5 rings (SSSR count). The summed E-state index contributed by atoms with van der Waals surface area (Å²) in [5.74, 6) is 1.56. The number of nitrogens with zero attached hydrogens (tertiary/aromatic N) is 5. The lowest BCUT2D eigenvalue weighted by molar-refractivity contribution is -0.133. The molecule has 2 fully saturated rings. The largest absolute Gasteiger partial charge is 0.454 e. The Bertz CT molecular complexity index is 1020. The van der Waals surface area contributed by atoms with Gasteiger partial charge in [-0.2, -0.15) is 0 Å². The van der Waals surface area contributed by atoms with E-state index in [-0.39, 0.29) is 24.6 Å². The van der Waals surface area contributed by atoms with Crippen LogP contribution in [0.25, 0.3) is 0 Å². The van der Waals surface area contributed by atoms with Crippen molar-refractivity contribution in [1.82, 2.24) is 24.7 Å². The molecule has 3 heterocycles. The van der Waals surface area contributed by atoms with Crippen molar-refractivity contribution in [3.8, 4) is 11.5 Å². The van der Waals surface area contributed by atoms with Gasteiger partial charge in [-0.25, -0.2) is 4.98 Å². The molecule has 2 amide bonds. The standard InChI is InChI=1S/C24H29N5O4/c1-17-13-26-20(14-25-17)24(31)29(19-3-4-19)7-6-23(30)28-10-8-27(9-11-28)15-18-2-5-21-22(12-18)33-16-32-21/h2,5,12-14,19H,3-4,6-11,15-16H2,1H3. The minimum Gasteiger partial charge on any atom is -0.454 e. The lowest BCUT2D eigenvalue weighted by Crippen LogP contribution is -2.49. The maximum Gasteiger partial charge on any atom is 0.274 e. The van der Waals surface area contributed by atoms with E-state index in [2.05, 4.69) is 20.9 Å². The maximum absolute atomic E-state index is 12.9. The number of hydrogen-bond donors (Lipinski definition) is 0. The molecule has 2 aromatic rings. The summed E-state index contributed by atoms with van der Waals surface area (Å²) in [5.41, 5.74) is 2.30. The molecule has 0 radical (unpaired) electrons. The van der Waals surface area contributed by atoms with Gasteiger partial charge in [-0.15, -0.1) is 0 Å². The molecule has 1 aliphatic carbocycles. The monoisotopic (exact) mass is 451 g/mol. The van der Waals surface area contributed by atoms with E-state index in [1.165, 1.54) is 11.8 Å². The summed E-state index contributed by atoms with van der Waals surface area (Å²) in [6.45, 7) is 6.41. The van der Waals surface area contributed by atoms with Gasteiger partial charge in [-0.05, 0) is 37.5 Å². The fourth-order valence-corrected chi connectivity index (χ4v) is 4.31. The molecule has 1 aromatic carbocycles. The number of benzene rings is 1. The molecule has 1 aromatic heterocycles. The van der Waals surface area contributed by atoms with Crippen LogP contribution in [0.5, 0.6) is 11.5 Å². The van der Waals surface area contributed by atoms with Crippen molar-refractivity contribution in [2.45, 2.75) is 38.8 Å². The first-order valence-electron chi connectivity index (χ1n) is 11.5. The molecule has 1 saturated heterocycles. The fraction of sp³-hybridized carbons (Fsp3) is 0.500. The quantitative estimate of drug-likeness (QED) is 0.635. The van der Waals surface area contributed by atoms with Crippen molar-refractivity contribution < 1.29 is 19.1 Å². The van der Waals surface area contributed by atoms with Crippen LogP contribution in [-0.2, 0) is 11.3 Å². The Labute approximate surface area is 193 Å². The van der Waals surface area contributed by atoms with E-state index in [1.54, 1.807) is 11.1 Å². The summed E-state index contributed by atoms with van der Waals surface area (Å²) in [4.78, 5) is 40.2. The third kappa shape index (κ3) is 5.08. The van der Waals surface area contributed by atoms with Crippen LogP contribution in [0.4, 0.5) is 0 Å². The highest BCUT2D eigenvalue weighted by atomic mass is 16.7. The summed E-state index contributed by atoms with van der Waals surface area (Å²) >= 11 is 0. The van der Waals surface area contributed by atoms with Gasteiger partial charge < -0.3 is 19.3 Å². The van der Waals surface area contributed by atoms with Gasteiger partial charge >= 0.3 is 0 Å². The molecule has 2 aliphatic heterocycles. The van der Waals surface area contributed by atoms with Gasteiger partial charge in [0, 0.05) is 57.9 Å². The van der Waals surface area contributed by atoms with E-state index in [9.17, 15) is 9.59 Å². The van der Waals surface area contributed by atoms with Crippen LogP contribution >= 0.6 is 0 Å². The Morgan fingerprint density at radius 3 is 2.58 bits per heavy atom. The van der Waals surface area contributed by atoms with E-state index < -0.39 is 0 Å². The molecule has 3 aliphatic rings. The van der Waals surface area contributed by atoms with E-state index in [1.807, 2.05) is 24.0 Å². The second-order valence-electron chi connectivity index (χ2n) is 8.87. The lowest BCUT2D eigenvalue weighted by atomic mass is 10.1. The fourth-order valence-electron chi connectivity index (χ4n) is 4.31. The van der Waals surface area contributed by atoms with Gasteiger partial charge in [-0.1, -0.05) is 6.07 Å². The maximum atomic E-state index is 12.9. The van der Waals surface area contributed by atoms with Crippen LogP contribution in [0.2, 0.25) is 0 Å². The zero-order chi connectivity index (χ0) is 22.8. The van der Waals surface area contributed by atoms with Crippen molar-refractivity contribution in [1.29, 1.82) is 0 Å². The molecule has 9 heteroatoms. The number of aromatic nitrogens is 2. The molecule has 174 valence electrons. The van der Waals surface area contributed by atoms with Gasteiger partial charge in [0.05, 0.1) is 11.9 Å². The van der Waals surface area contributed by atoms with Gasteiger partial charge in [0.1, 0.15) is 5.69 Å². The van der Waals surface area contributed by atoms with Crippen molar-refractivity contribution in [2.75, 3.05) is 39.5 Å². The minimum atomic E-state index is -0.133. The SMILES string of the molecule is Cc1cnc(C(=O)N(CCC(=O)N2CCN(Cc3ccc4c(c3)OCO4)CC2)C2CC2)cn1. The van der Waals surface area contributed by atoms with Crippen molar-refractivity contribution in [2.24, 2.45) is 0 Å². The Hall–Kier alpha value is -3.20. The zero-order valence-corrected chi connectivity index (χ0v) is 18.9. The van der Waals surface area contributed by atoms with Crippen LogP contribution in [0.3, 0.4) is 0 Å².